The van der Waals surface area contributed by atoms with E-state index < -0.39 is 30.4 Å². The van der Waals surface area contributed by atoms with Crippen LogP contribution in [0.1, 0.15) is 49.2 Å². The van der Waals surface area contributed by atoms with Crippen molar-refractivity contribution >= 4 is 17.6 Å². The van der Waals surface area contributed by atoms with Crippen LogP contribution in [0.2, 0.25) is 0 Å². The summed E-state index contributed by atoms with van der Waals surface area (Å²) in [5, 5.41) is 15.3. The Morgan fingerprint density at radius 3 is 2.62 bits per heavy atom. The summed E-state index contributed by atoms with van der Waals surface area (Å²) >= 11 is 0. The van der Waals surface area contributed by atoms with E-state index >= 15 is 0 Å². The number of hydrogen-bond donors (Lipinski definition) is 3. The highest BCUT2D eigenvalue weighted by molar-refractivity contribution is 5.76. The fourth-order valence-electron chi connectivity index (χ4n) is 4.09. The van der Waals surface area contributed by atoms with Crippen molar-refractivity contribution in [1.29, 1.82) is 0 Å². The lowest BCUT2D eigenvalue weighted by Gasteiger charge is -2.24. The van der Waals surface area contributed by atoms with Gasteiger partial charge in [0.1, 0.15) is 17.7 Å². The van der Waals surface area contributed by atoms with Crippen molar-refractivity contribution in [2.24, 2.45) is 0 Å². The summed E-state index contributed by atoms with van der Waals surface area (Å²) in [6.45, 7) is 1.63. The number of aromatic nitrogens is 3. The van der Waals surface area contributed by atoms with E-state index in [1.165, 1.54) is 5.56 Å². The maximum absolute atomic E-state index is 12.9. The summed E-state index contributed by atoms with van der Waals surface area (Å²) in [6.07, 6.45) is -2.47. The van der Waals surface area contributed by atoms with E-state index in [0.717, 1.165) is 56.0 Å². The van der Waals surface area contributed by atoms with Crippen molar-refractivity contribution in [2.45, 2.75) is 63.6 Å². The lowest BCUT2D eigenvalue weighted by Crippen LogP contribution is -2.36. The Morgan fingerprint density at radius 2 is 1.89 bits per heavy atom. The van der Waals surface area contributed by atoms with E-state index in [2.05, 4.69) is 31.7 Å². The van der Waals surface area contributed by atoms with Crippen molar-refractivity contribution in [3.8, 4) is 0 Å². The normalized spacial score (nSPS) is 14.4. The molecule has 0 bridgehead atoms. The molecule has 2 aromatic rings. The number of nitrogens with zero attached hydrogens (tertiary/aromatic N) is 4. The predicted octanol–water partition coefficient (Wildman–Crippen LogP) is 4.48. The molecule has 3 rings (SSSR count). The maximum atomic E-state index is 12.9. The van der Waals surface area contributed by atoms with Crippen LogP contribution in [0.3, 0.4) is 0 Å². The van der Waals surface area contributed by atoms with Crippen molar-refractivity contribution in [1.82, 2.24) is 19.9 Å². The molecular weight excluding hydrogens is 499 g/mol. The Bertz CT molecular complexity index is 1020. The third-order valence-corrected chi connectivity index (χ3v) is 6.04. The van der Waals surface area contributed by atoms with Gasteiger partial charge in [-0.3, -0.25) is 0 Å². The van der Waals surface area contributed by atoms with Crippen molar-refractivity contribution < 1.29 is 31.9 Å². The van der Waals surface area contributed by atoms with Gasteiger partial charge in [-0.05, 0) is 62.8 Å². The van der Waals surface area contributed by atoms with E-state index in [-0.39, 0.29) is 31.7 Å². The van der Waals surface area contributed by atoms with Crippen LogP contribution >= 0.6 is 0 Å². The molecule has 8 nitrogen and oxygen atoms in total. The van der Waals surface area contributed by atoms with Crippen LogP contribution in [0.4, 0.5) is 33.6 Å². The van der Waals surface area contributed by atoms with Gasteiger partial charge in [-0.25, -0.2) is 28.5 Å². The van der Waals surface area contributed by atoms with Gasteiger partial charge >= 0.3 is 12.1 Å². The smallest absolute Gasteiger partial charge is 0.451 e. The molecule has 0 spiro atoms. The Labute approximate surface area is 211 Å². The third kappa shape index (κ3) is 9.38. The van der Waals surface area contributed by atoms with E-state index in [0.29, 0.717) is 13.0 Å². The van der Waals surface area contributed by atoms with Gasteiger partial charge in [0.05, 0.1) is 0 Å². The number of aryl methyl sites for hydroxylation is 2. The molecule has 204 valence electrons. The van der Waals surface area contributed by atoms with Gasteiger partial charge < -0.3 is 20.6 Å². The van der Waals surface area contributed by atoms with E-state index in [4.69, 9.17) is 0 Å². The van der Waals surface area contributed by atoms with Crippen LogP contribution in [-0.2, 0) is 23.8 Å². The molecule has 0 unspecified atom stereocenters. The van der Waals surface area contributed by atoms with Gasteiger partial charge in [-0.1, -0.05) is 6.07 Å². The average Bonchev–Trinajstić information content (AvgIpc) is 2.86. The minimum absolute atomic E-state index is 0.0119. The van der Waals surface area contributed by atoms with Crippen LogP contribution in [0.5, 0.6) is 0 Å². The summed E-state index contributed by atoms with van der Waals surface area (Å²) in [5.74, 6) is -2.03. The lowest BCUT2D eigenvalue weighted by atomic mass is 10.1. The van der Waals surface area contributed by atoms with Crippen LogP contribution in [0.25, 0.3) is 0 Å². The monoisotopic (exact) mass is 530 g/mol. The number of fused-ring (bicyclic) bond motifs is 1. The summed E-state index contributed by atoms with van der Waals surface area (Å²) in [5.41, 5.74) is 2.15. The number of carboxylic acid groups (broad SMARTS) is 1. The van der Waals surface area contributed by atoms with Gasteiger partial charge in [-0.15, -0.1) is 0 Å². The zero-order chi connectivity index (χ0) is 26.8. The number of alkyl halides is 5. The summed E-state index contributed by atoms with van der Waals surface area (Å²) in [7, 11) is 0. The number of anilines is 2. The van der Waals surface area contributed by atoms with Crippen LogP contribution in [0, 0.1) is 0 Å². The second-order valence-electron chi connectivity index (χ2n) is 8.91. The second-order valence-corrected chi connectivity index (χ2v) is 8.91. The highest BCUT2D eigenvalue weighted by Crippen LogP contribution is 2.26. The number of rotatable bonds is 14. The molecule has 2 aromatic heterocycles. The first kappa shape index (κ1) is 28.5. The molecule has 37 heavy (non-hydrogen) atoms. The molecule has 0 fully saturated rings. The minimum atomic E-state index is -4.77. The second kappa shape index (κ2) is 13.5. The molecule has 1 aliphatic rings. The highest BCUT2D eigenvalue weighted by Gasteiger charge is 2.35. The number of nitrogens with one attached hydrogen (secondary N) is 2. The fourth-order valence-corrected chi connectivity index (χ4v) is 4.09. The molecule has 1 atom stereocenters. The summed E-state index contributed by atoms with van der Waals surface area (Å²) in [4.78, 5) is 24.6. The largest absolute Gasteiger partial charge is 0.480 e. The van der Waals surface area contributed by atoms with E-state index in [1.807, 2.05) is 6.07 Å². The number of carbonyl (C=O) groups is 1. The standard InChI is InChI=1S/C24H31F5N6O2/c25-19(26)10-15-35(13-2-1-5-17-7-6-16-4-3-11-30-21(16)32-17)14-9-18(22(36)37)33-20-8-12-31-23(34-20)24(27,28)29/h6-8,12,18-19H,1-5,9-11,13-15H2,(H,30,32)(H,36,37)(H,31,33,34)/t18-/m0/s1. The zero-order valence-corrected chi connectivity index (χ0v) is 20.3. The van der Waals surface area contributed by atoms with Gasteiger partial charge in [0.2, 0.25) is 12.2 Å². The zero-order valence-electron chi connectivity index (χ0n) is 20.3. The molecule has 0 aliphatic carbocycles. The van der Waals surface area contributed by atoms with Crippen LogP contribution in [-0.4, -0.2) is 69.6 Å². The van der Waals surface area contributed by atoms with Crippen molar-refractivity contribution in [3.05, 3.63) is 41.5 Å². The van der Waals surface area contributed by atoms with Crippen molar-refractivity contribution in [2.75, 3.05) is 36.8 Å². The number of aliphatic carboxylic acids is 1. The number of carboxylic acids is 1. The fraction of sp³-hybridized carbons (Fsp3) is 0.583. The Hall–Kier alpha value is -3.09. The first-order valence-electron chi connectivity index (χ1n) is 12.2. The van der Waals surface area contributed by atoms with Gasteiger partial charge in [0.15, 0.2) is 0 Å². The molecule has 0 radical (unpaired) electrons. The molecule has 0 amide bonds. The molecule has 3 N–H and O–H groups in total. The predicted molar refractivity (Wildman–Crippen MR) is 128 cm³/mol. The van der Waals surface area contributed by atoms with Crippen LogP contribution < -0.4 is 10.6 Å². The maximum Gasteiger partial charge on any atom is 0.451 e. The molecule has 3 heterocycles. The van der Waals surface area contributed by atoms with Crippen LogP contribution in [0.15, 0.2) is 24.4 Å². The Kier molecular flexibility index (Phi) is 10.4. The van der Waals surface area contributed by atoms with Gasteiger partial charge in [-0.2, -0.15) is 13.2 Å². The molecule has 0 saturated carbocycles. The Balaban J connectivity index is 1.52. The van der Waals surface area contributed by atoms with Gasteiger partial charge in [0.25, 0.3) is 0 Å². The summed E-state index contributed by atoms with van der Waals surface area (Å²) in [6, 6.07) is 3.97. The topological polar surface area (TPSA) is 103 Å². The first-order chi connectivity index (χ1) is 17.6. The van der Waals surface area contributed by atoms with Gasteiger partial charge in [0, 0.05) is 37.9 Å². The minimum Gasteiger partial charge on any atom is -0.480 e. The number of hydrogen-bond acceptors (Lipinski definition) is 7. The third-order valence-electron chi connectivity index (χ3n) is 6.04. The first-order valence-corrected chi connectivity index (χ1v) is 12.2. The number of pyridine rings is 1. The average molecular weight is 531 g/mol. The Morgan fingerprint density at radius 1 is 1.11 bits per heavy atom. The SMILES string of the molecule is O=C(O)[C@H](CCN(CCCCc1ccc2c(n1)NCCC2)CCC(F)F)Nc1ccnc(C(F)(F)F)n1. The number of unbranched alkanes of at least 4 members (excludes halogenated alkanes) is 1. The lowest BCUT2D eigenvalue weighted by molar-refractivity contribution is -0.144. The molecule has 0 aromatic carbocycles. The molecular formula is C24H31F5N6O2. The highest BCUT2D eigenvalue weighted by atomic mass is 19.4. The quantitative estimate of drug-likeness (QED) is 0.243. The molecule has 13 heteroatoms. The van der Waals surface area contributed by atoms with Crippen molar-refractivity contribution in [3.63, 3.8) is 0 Å². The van der Waals surface area contributed by atoms with E-state index in [1.54, 1.807) is 4.90 Å². The molecule has 1 aliphatic heterocycles. The number of halogens is 5. The summed E-state index contributed by atoms with van der Waals surface area (Å²) < 4.78 is 64.2. The molecule has 0 saturated heterocycles. The van der Waals surface area contributed by atoms with E-state index in [9.17, 15) is 31.9 Å².